The Kier molecular flexibility index (Phi) is 11.3. The second-order valence-corrected chi connectivity index (χ2v) is 9.23. The summed E-state index contributed by atoms with van der Waals surface area (Å²) in [5.41, 5.74) is 0. The Morgan fingerprint density at radius 2 is 1.24 bits per heavy atom. The molecule has 0 amide bonds. The van der Waals surface area contributed by atoms with Crippen LogP contribution in [0, 0.1) is 0 Å². The average molecular weight is 477 g/mol. The number of hydrogen-bond acceptors (Lipinski definition) is 9. The first-order valence-corrected chi connectivity index (χ1v) is 12.8. The van der Waals surface area contributed by atoms with E-state index in [-0.39, 0.29) is 24.9 Å². The van der Waals surface area contributed by atoms with Crippen molar-refractivity contribution >= 4 is 0 Å². The summed E-state index contributed by atoms with van der Waals surface area (Å²) in [6, 6.07) is 0. The standard InChI is InChI=1S/C24H44O9/c1-5-8-11-27-19-15(4)31-23(22(29-13-10-7-3)21(19)28-12-9-6-2)30-14-16-17(25)18(26)20-24(32-16)33-20/h15-26H,5-14H2,1-4H3/t15?,16?,17-,18?,19-,20?,21?,22?,23-,24?/m1/s1. The minimum atomic E-state index is -1.09. The Bertz CT molecular complexity index is 550. The smallest absolute Gasteiger partial charge is 0.187 e. The number of epoxide rings is 1. The lowest BCUT2D eigenvalue weighted by Crippen LogP contribution is -2.61. The lowest BCUT2D eigenvalue weighted by Gasteiger charge is -2.45. The lowest BCUT2D eigenvalue weighted by molar-refractivity contribution is -0.322. The zero-order valence-corrected chi connectivity index (χ0v) is 20.6. The number of aliphatic hydroxyl groups is 2. The highest BCUT2D eigenvalue weighted by Gasteiger charge is 2.56. The van der Waals surface area contributed by atoms with Crippen LogP contribution in [0.25, 0.3) is 0 Å². The van der Waals surface area contributed by atoms with Gasteiger partial charge in [0.05, 0.1) is 12.7 Å². The van der Waals surface area contributed by atoms with E-state index in [0.717, 1.165) is 38.5 Å². The normalized spacial score (nSPS) is 40.5. The summed E-state index contributed by atoms with van der Waals surface area (Å²) in [4.78, 5) is 0. The number of ether oxygens (including phenoxy) is 7. The van der Waals surface area contributed by atoms with Crippen molar-refractivity contribution in [3.63, 3.8) is 0 Å². The Hall–Kier alpha value is -0.360. The predicted octanol–water partition coefficient (Wildman–Crippen LogP) is 2.15. The molecule has 0 aromatic carbocycles. The highest BCUT2D eigenvalue weighted by atomic mass is 16.8. The van der Waals surface area contributed by atoms with Crippen LogP contribution < -0.4 is 0 Å². The molecule has 33 heavy (non-hydrogen) atoms. The molecule has 3 heterocycles. The van der Waals surface area contributed by atoms with Gasteiger partial charge in [-0.1, -0.05) is 40.0 Å². The summed E-state index contributed by atoms with van der Waals surface area (Å²) in [5.74, 6) is 0. The molecule has 0 spiro atoms. The van der Waals surface area contributed by atoms with E-state index in [4.69, 9.17) is 33.2 Å². The number of fused-ring (bicyclic) bond motifs is 1. The number of aliphatic hydroxyl groups excluding tert-OH is 2. The molecule has 9 nitrogen and oxygen atoms in total. The fraction of sp³-hybridized carbons (Fsp3) is 1.00. The summed E-state index contributed by atoms with van der Waals surface area (Å²) in [6.07, 6.45) is 0.151. The molecule has 0 aromatic rings. The van der Waals surface area contributed by atoms with Gasteiger partial charge >= 0.3 is 0 Å². The first-order chi connectivity index (χ1) is 16.0. The molecule has 3 rings (SSSR count). The van der Waals surface area contributed by atoms with E-state index >= 15 is 0 Å². The van der Waals surface area contributed by atoms with Crippen LogP contribution in [-0.2, 0) is 33.2 Å². The van der Waals surface area contributed by atoms with Gasteiger partial charge in [-0.2, -0.15) is 0 Å². The first-order valence-electron chi connectivity index (χ1n) is 12.8. The van der Waals surface area contributed by atoms with Crippen LogP contribution in [-0.4, -0.2) is 98.1 Å². The van der Waals surface area contributed by atoms with Crippen LogP contribution in [0.15, 0.2) is 0 Å². The minimum absolute atomic E-state index is 0.0405. The zero-order chi connectivity index (χ0) is 23.8. The van der Waals surface area contributed by atoms with Gasteiger partial charge in [0.15, 0.2) is 12.6 Å². The van der Waals surface area contributed by atoms with E-state index in [1.807, 2.05) is 6.92 Å². The van der Waals surface area contributed by atoms with E-state index < -0.39 is 43.1 Å². The van der Waals surface area contributed by atoms with E-state index in [0.29, 0.717) is 19.8 Å². The minimum Gasteiger partial charge on any atom is -0.387 e. The van der Waals surface area contributed by atoms with Gasteiger partial charge < -0.3 is 43.4 Å². The fourth-order valence-electron chi connectivity index (χ4n) is 4.25. The van der Waals surface area contributed by atoms with Gasteiger partial charge in [0.25, 0.3) is 0 Å². The number of rotatable bonds is 15. The van der Waals surface area contributed by atoms with Gasteiger partial charge in [0, 0.05) is 19.8 Å². The summed E-state index contributed by atoms with van der Waals surface area (Å²) in [5, 5.41) is 20.5. The topological polar surface area (TPSA) is 108 Å². The van der Waals surface area contributed by atoms with Gasteiger partial charge in [0.1, 0.15) is 42.7 Å². The van der Waals surface area contributed by atoms with Crippen molar-refractivity contribution in [2.24, 2.45) is 0 Å². The SMILES string of the molecule is CCCCOC1C(OCCCC)[C@H](OCCCC)C(C)O[C@H]1OCC1OC2OC2C(O)[C@@H]1O. The van der Waals surface area contributed by atoms with E-state index in [9.17, 15) is 10.2 Å². The average Bonchev–Trinajstić information content (AvgIpc) is 3.58. The third-order valence-electron chi connectivity index (χ3n) is 6.44. The molecule has 7 unspecified atom stereocenters. The molecule has 3 saturated heterocycles. The van der Waals surface area contributed by atoms with E-state index in [1.165, 1.54) is 0 Å². The van der Waals surface area contributed by atoms with Crippen LogP contribution in [0.5, 0.6) is 0 Å². The largest absolute Gasteiger partial charge is 0.387 e. The molecule has 10 atom stereocenters. The van der Waals surface area contributed by atoms with Gasteiger partial charge in [0.2, 0.25) is 0 Å². The van der Waals surface area contributed by atoms with Gasteiger partial charge in [-0.3, -0.25) is 0 Å². The quantitative estimate of drug-likeness (QED) is 0.271. The molecule has 2 N–H and O–H groups in total. The summed E-state index contributed by atoms with van der Waals surface area (Å²) in [6.45, 7) is 10.2. The van der Waals surface area contributed by atoms with Crippen molar-refractivity contribution in [1.82, 2.24) is 0 Å². The highest BCUT2D eigenvalue weighted by Crippen LogP contribution is 2.36. The Balaban J connectivity index is 1.68. The molecule has 0 aromatic heterocycles. The Labute approximate surface area is 197 Å². The van der Waals surface area contributed by atoms with Crippen LogP contribution in [0.3, 0.4) is 0 Å². The maximum Gasteiger partial charge on any atom is 0.187 e. The first kappa shape index (κ1) is 27.2. The Morgan fingerprint density at radius 3 is 1.85 bits per heavy atom. The number of unbranched alkanes of at least 4 members (excludes halogenated alkanes) is 3. The molecule has 0 saturated carbocycles. The van der Waals surface area contributed by atoms with Crippen LogP contribution in [0.2, 0.25) is 0 Å². The lowest BCUT2D eigenvalue weighted by atomic mass is 9.98. The van der Waals surface area contributed by atoms with Gasteiger partial charge in [-0.15, -0.1) is 0 Å². The molecule has 194 valence electrons. The van der Waals surface area contributed by atoms with Crippen molar-refractivity contribution in [1.29, 1.82) is 0 Å². The van der Waals surface area contributed by atoms with Crippen LogP contribution in [0.1, 0.15) is 66.2 Å². The molecule has 0 bridgehead atoms. The third-order valence-corrected chi connectivity index (χ3v) is 6.44. The van der Waals surface area contributed by atoms with Crippen LogP contribution >= 0.6 is 0 Å². The molecule has 0 aliphatic carbocycles. The molecule has 3 aliphatic rings. The summed E-state index contributed by atoms with van der Waals surface area (Å²) in [7, 11) is 0. The summed E-state index contributed by atoms with van der Waals surface area (Å²) >= 11 is 0. The molecule has 0 radical (unpaired) electrons. The molecule has 9 heteroatoms. The van der Waals surface area contributed by atoms with Crippen molar-refractivity contribution in [2.45, 2.75) is 128 Å². The third kappa shape index (κ3) is 7.32. The van der Waals surface area contributed by atoms with Crippen molar-refractivity contribution < 1.29 is 43.4 Å². The maximum atomic E-state index is 10.4. The van der Waals surface area contributed by atoms with E-state index in [1.54, 1.807) is 0 Å². The van der Waals surface area contributed by atoms with E-state index in [2.05, 4.69) is 20.8 Å². The second kappa shape index (κ2) is 13.7. The molecule has 3 fully saturated rings. The zero-order valence-electron chi connectivity index (χ0n) is 20.6. The maximum absolute atomic E-state index is 10.4. The molecular weight excluding hydrogens is 432 g/mol. The van der Waals surface area contributed by atoms with Gasteiger partial charge in [-0.05, 0) is 26.2 Å². The number of hydrogen-bond donors (Lipinski definition) is 2. The van der Waals surface area contributed by atoms with Gasteiger partial charge in [-0.25, -0.2) is 0 Å². The predicted molar refractivity (Wildman–Crippen MR) is 120 cm³/mol. The highest BCUT2D eigenvalue weighted by molar-refractivity contribution is 4.98. The second-order valence-electron chi connectivity index (χ2n) is 9.23. The molecule has 3 aliphatic heterocycles. The van der Waals surface area contributed by atoms with Crippen molar-refractivity contribution in [2.75, 3.05) is 26.4 Å². The molecular formula is C24H44O9. The van der Waals surface area contributed by atoms with Crippen molar-refractivity contribution in [3.05, 3.63) is 0 Å². The monoisotopic (exact) mass is 476 g/mol. The fourth-order valence-corrected chi connectivity index (χ4v) is 4.25. The summed E-state index contributed by atoms with van der Waals surface area (Å²) < 4.78 is 42.0. The van der Waals surface area contributed by atoms with Crippen LogP contribution in [0.4, 0.5) is 0 Å². The van der Waals surface area contributed by atoms with Crippen molar-refractivity contribution in [3.8, 4) is 0 Å². The Morgan fingerprint density at radius 1 is 0.667 bits per heavy atom.